The van der Waals surface area contributed by atoms with Gasteiger partial charge in [-0.15, -0.1) is 0 Å². The van der Waals surface area contributed by atoms with E-state index in [1.165, 1.54) is 12.3 Å². The molecule has 0 aliphatic rings. The topological polar surface area (TPSA) is 96.4 Å². The van der Waals surface area contributed by atoms with Crippen LogP contribution >= 0.6 is 15.9 Å². The lowest BCUT2D eigenvalue weighted by molar-refractivity contribution is 0.0696. The first kappa shape index (κ1) is 11.1. The first-order valence-electron chi connectivity index (χ1n) is 3.81. The lowest BCUT2D eigenvalue weighted by Gasteiger charge is -2.09. The van der Waals surface area contributed by atoms with Crippen LogP contribution in [0, 0.1) is 0 Å². The summed E-state index contributed by atoms with van der Waals surface area (Å²) in [6.07, 6.45) is 1.21. The number of carboxylic acids is 1. The van der Waals surface area contributed by atoms with Gasteiger partial charge in [0.1, 0.15) is 0 Å². The van der Waals surface area contributed by atoms with Crippen molar-refractivity contribution in [1.82, 2.24) is 4.98 Å². The van der Waals surface area contributed by atoms with Crippen molar-refractivity contribution in [1.29, 1.82) is 0 Å². The third kappa shape index (κ3) is 2.28. The molecule has 0 amide bonds. The number of hydrogen-bond acceptors (Lipinski definition) is 4. The number of nitrogens with zero attached hydrogens (tertiary/aromatic N) is 1. The predicted molar refractivity (Wildman–Crippen MR) is 52.9 cm³/mol. The number of carboxylic acid groups (broad SMARTS) is 1. The fourth-order valence-corrected chi connectivity index (χ4v) is 1.57. The number of nitrogens with two attached hydrogens (primary N) is 1. The maximum Gasteiger partial charge on any atom is 0.337 e. The lowest BCUT2D eigenvalue weighted by Crippen LogP contribution is -2.17. The fraction of sp³-hybridized carbons (Fsp3) is 0.250. The monoisotopic (exact) mass is 260 g/mol. The van der Waals surface area contributed by atoms with E-state index in [2.05, 4.69) is 20.9 Å². The molecule has 0 saturated heterocycles. The number of hydrogen-bond donors (Lipinski definition) is 3. The highest BCUT2D eigenvalue weighted by molar-refractivity contribution is 9.10. The molecule has 1 atom stereocenters. The van der Waals surface area contributed by atoms with E-state index < -0.39 is 12.0 Å². The average molecular weight is 261 g/mol. The van der Waals surface area contributed by atoms with Gasteiger partial charge in [0.2, 0.25) is 0 Å². The summed E-state index contributed by atoms with van der Waals surface area (Å²) in [5.41, 5.74) is 6.05. The Labute approximate surface area is 88.7 Å². The Morgan fingerprint density at radius 3 is 2.79 bits per heavy atom. The largest absolute Gasteiger partial charge is 0.478 e. The molecule has 0 spiro atoms. The van der Waals surface area contributed by atoms with Crippen molar-refractivity contribution < 1.29 is 15.0 Å². The summed E-state index contributed by atoms with van der Waals surface area (Å²) in [6, 6.07) is 0.799. The molecule has 0 saturated carbocycles. The molecule has 76 valence electrons. The minimum absolute atomic E-state index is 0.0748. The Balaban J connectivity index is 3.07. The summed E-state index contributed by atoms with van der Waals surface area (Å²) in [5.74, 6) is -1.05. The average Bonchev–Trinajstić information content (AvgIpc) is 2.16. The maximum atomic E-state index is 10.6. The number of rotatable bonds is 3. The van der Waals surface area contributed by atoms with Crippen LogP contribution < -0.4 is 5.73 Å². The van der Waals surface area contributed by atoms with Crippen LogP contribution in [0.25, 0.3) is 0 Å². The molecule has 0 aliphatic carbocycles. The number of aliphatic hydroxyl groups is 1. The molecule has 1 rings (SSSR count). The second kappa shape index (κ2) is 4.50. The zero-order chi connectivity index (χ0) is 10.7. The quantitative estimate of drug-likeness (QED) is 0.737. The lowest BCUT2D eigenvalue weighted by atomic mass is 10.2. The number of aliphatic hydroxyl groups excluding tert-OH is 1. The highest BCUT2D eigenvalue weighted by Gasteiger charge is 2.13. The van der Waals surface area contributed by atoms with Gasteiger partial charge >= 0.3 is 5.97 Å². The van der Waals surface area contributed by atoms with Crippen LogP contribution in [0.4, 0.5) is 0 Å². The molecule has 0 bridgehead atoms. The minimum atomic E-state index is -1.05. The summed E-state index contributed by atoms with van der Waals surface area (Å²) < 4.78 is 0.485. The number of aromatic nitrogens is 1. The summed E-state index contributed by atoms with van der Waals surface area (Å²) >= 11 is 3.14. The molecule has 1 heterocycles. The van der Waals surface area contributed by atoms with Crippen molar-refractivity contribution >= 4 is 21.9 Å². The number of aromatic carboxylic acids is 1. The highest BCUT2D eigenvalue weighted by atomic mass is 79.9. The minimum Gasteiger partial charge on any atom is -0.478 e. The Morgan fingerprint density at radius 1 is 1.71 bits per heavy atom. The van der Waals surface area contributed by atoms with E-state index in [9.17, 15) is 4.79 Å². The molecule has 4 N–H and O–H groups in total. The fourth-order valence-electron chi connectivity index (χ4n) is 0.925. The number of pyridine rings is 1. The van der Waals surface area contributed by atoms with E-state index in [-0.39, 0.29) is 12.2 Å². The van der Waals surface area contributed by atoms with Crippen molar-refractivity contribution in [2.24, 2.45) is 5.73 Å². The van der Waals surface area contributed by atoms with Gasteiger partial charge in [0.25, 0.3) is 0 Å². The molecule has 0 aliphatic heterocycles. The predicted octanol–water partition coefficient (Wildman–Crippen LogP) is 0.534. The van der Waals surface area contributed by atoms with Gasteiger partial charge < -0.3 is 15.9 Å². The first-order valence-corrected chi connectivity index (χ1v) is 4.60. The molecule has 5 nitrogen and oxygen atoms in total. The van der Waals surface area contributed by atoms with Crippen LogP contribution in [0.15, 0.2) is 16.7 Å². The van der Waals surface area contributed by atoms with Crippen LogP contribution in [-0.2, 0) is 0 Å². The van der Waals surface area contributed by atoms with Gasteiger partial charge in [-0.2, -0.15) is 0 Å². The second-order valence-corrected chi connectivity index (χ2v) is 3.54. The molecule has 0 fully saturated rings. The van der Waals surface area contributed by atoms with Gasteiger partial charge in [0.05, 0.1) is 23.9 Å². The first-order chi connectivity index (χ1) is 6.56. The van der Waals surface area contributed by atoms with Gasteiger partial charge in [0.15, 0.2) is 0 Å². The van der Waals surface area contributed by atoms with Gasteiger partial charge in [-0.05, 0) is 22.0 Å². The molecule has 0 radical (unpaired) electrons. The molecule has 0 aromatic carbocycles. The van der Waals surface area contributed by atoms with Gasteiger partial charge in [-0.1, -0.05) is 0 Å². The van der Waals surface area contributed by atoms with Crippen molar-refractivity contribution in [2.75, 3.05) is 6.61 Å². The zero-order valence-corrected chi connectivity index (χ0v) is 8.73. The SMILES string of the molecule is N[C@@H](CO)c1ncc(C(=O)O)cc1Br. The molecule has 6 heteroatoms. The molecule has 14 heavy (non-hydrogen) atoms. The van der Waals surface area contributed by atoms with E-state index in [1.807, 2.05) is 0 Å². The third-order valence-electron chi connectivity index (χ3n) is 1.66. The maximum absolute atomic E-state index is 10.6. The zero-order valence-electron chi connectivity index (χ0n) is 7.14. The van der Waals surface area contributed by atoms with Crippen molar-refractivity contribution in [3.8, 4) is 0 Å². The normalized spacial score (nSPS) is 12.5. The van der Waals surface area contributed by atoms with Crippen LogP contribution in [0.3, 0.4) is 0 Å². The number of halogens is 1. The van der Waals surface area contributed by atoms with Crippen LogP contribution in [0.5, 0.6) is 0 Å². The number of carbonyl (C=O) groups is 1. The van der Waals surface area contributed by atoms with Gasteiger partial charge in [-0.3, -0.25) is 4.98 Å². The van der Waals surface area contributed by atoms with Crippen molar-refractivity contribution in [2.45, 2.75) is 6.04 Å². The Morgan fingerprint density at radius 2 is 2.36 bits per heavy atom. The van der Waals surface area contributed by atoms with E-state index in [1.54, 1.807) is 0 Å². The van der Waals surface area contributed by atoms with Crippen LogP contribution in [0.2, 0.25) is 0 Å². The molecular weight excluding hydrogens is 252 g/mol. The Hall–Kier alpha value is -0.980. The van der Waals surface area contributed by atoms with Crippen LogP contribution in [0.1, 0.15) is 22.1 Å². The Kier molecular flexibility index (Phi) is 3.56. The van der Waals surface area contributed by atoms with E-state index in [4.69, 9.17) is 15.9 Å². The van der Waals surface area contributed by atoms with Crippen molar-refractivity contribution in [3.05, 3.63) is 28.0 Å². The highest BCUT2D eigenvalue weighted by Crippen LogP contribution is 2.20. The standard InChI is InChI=1S/C8H9BrN2O3/c9-5-1-4(8(13)14)2-11-7(5)6(10)3-12/h1-2,6,12H,3,10H2,(H,13,14)/t6-/m0/s1. The van der Waals surface area contributed by atoms with Crippen LogP contribution in [-0.4, -0.2) is 27.8 Å². The second-order valence-electron chi connectivity index (χ2n) is 2.69. The molecule has 1 aromatic rings. The Bertz CT molecular complexity index is 356. The van der Waals surface area contributed by atoms with E-state index in [0.29, 0.717) is 10.2 Å². The molecule has 0 unspecified atom stereocenters. The smallest absolute Gasteiger partial charge is 0.337 e. The summed E-state index contributed by atoms with van der Waals surface area (Å²) in [4.78, 5) is 14.4. The van der Waals surface area contributed by atoms with Gasteiger partial charge in [-0.25, -0.2) is 4.79 Å². The molecule has 1 aromatic heterocycles. The van der Waals surface area contributed by atoms with Gasteiger partial charge in [0, 0.05) is 10.7 Å². The summed E-state index contributed by atoms with van der Waals surface area (Å²) in [6.45, 7) is -0.238. The van der Waals surface area contributed by atoms with E-state index in [0.717, 1.165) is 0 Å². The van der Waals surface area contributed by atoms with Crippen molar-refractivity contribution in [3.63, 3.8) is 0 Å². The third-order valence-corrected chi connectivity index (χ3v) is 2.30. The molecular formula is C8H9BrN2O3. The van der Waals surface area contributed by atoms with E-state index >= 15 is 0 Å². The summed E-state index contributed by atoms with van der Waals surface area (Å²) in [5, 5.41) is 17.4. The summed E-state index contributed by atoms with van der Waals surface area (Å²) in [7, 11) is 0.